The number of fused-ring (bicyclic) bond motifs is 24. The lowest BCUT2D eigenvalue weighted by molar-refractivity contribution is -0.245. The van der Waals surface area contributed by atoms with E-state index in [1.807, 2.05) is 50.2 Å². The third-order valence-corrected chi connectivity index (χ3v) is 16.2. The van der Waals surface area contributed by atoms with Crippen molar-refractivity contribution in [1.82, 2.24) is 28.9 Å². The van der Waals surface area contributed by atoms with Gasteiger partial charge in [0.05, 0.1) is 79.5 Å². The van der Waals surface area contributed by atoms with Crippen molar-refractivity contribution in [2.75, 3.05) is 0 Å². The highest BCUT2D eigenvalue weighted by molar-refractivity contribution is 6.41. The molecule has 10 heterocycles. The minimum Gasteiger partial charge on any atom is -0.388 e. The molecule has 0 aliphatic carbocycles. The topological polar surface area (TPSA) is 232 Å². The lowest BCUT2D eigenvalue weighted by Gasteiger charge is -2.43. The molecule has 6 aliphatic rings. The van der Waals surface area contributed by atoms with Gasteiger partial charge in [-0.25, -0.2) is 13.2 Å². The first-order valence-electron chi connectivity index (χ1n) is 24.0. The second-order valence-electron chi connectivity index (χ2n) is 20.3. The first-order chi connectivity index (χ1) is 35.5. The largest absolute Gasteiger partial charge is 0.388 e. The summed E-state index contributed by atoms with van der Waals surface area (Å²) in [5.74, 6) is -3.20. The van der Waals surface area contributed by atoms with Gasteiger partial charge in [-0.2, -0.15) is 0 Å². The van der Waals surface area contributed by atoms with Crippen molar-refractivity contribution in [3.05, 3.63) is 118 Å². The molecule has 10 atom stereocenters. The van der Waals surface area contributed by atoms with Crippen LogP contribution in [0, 0.1) is 25.5 Å². The molecule has 372 valence electrons. The van der Waals surface area contributed by atoms with Gasteiger partial charge in [0.15, 0.2) is 18.6 Å². The van der Waals surface area contributed by atoms with Crippen molar-refractivity contribution >= 4 is 111 Å². The molecule has 17 nitrogen and oxygen atoms in total. The van der Waals surface area contributed by atoms with Crippen LogP contribution in [-0.2, 0) is 22.6 Å². The predicted octanol–water partition coefficient (Wildman–Crippen LogP) is 5.43. The number of hydrogen-bond donors (Lipinski definition) is 7. The van der Waals surface area contributed by atoms with Crippen molar-refractivity contribution in [3.8, 4) is 0 Å². The Kier molecular flexibility index (Phi) is 8.61. The molecule has 74 heavy (non-hydrogen) atoms. The molecule has 2 saturated heterocycles. The Morgan fingerprint density at radius 3 is 1.31 bits per heavy atom. The van der Waals surface area contributed by atoms with Gasteiger partial charge in [0.1, 0.15) is 54.4 Å². The van der Waals surface area contributed by atoms with Gasteiger partial charge in [0, 0.05) is 43.1 Å². The number of aromatic nitrogens is 4. The summed E-state index contributed by atoms with van der Waals surface area (Å²) in [5.41, 5.74) is 6.79. The van der Waals surface area contributed by atoms with E-state index >= 15 is 4.39 Å². The normalized spacial score (nSPS) is 26.9. The molecule has 10 unspecified atom stereocenters. The fraction of sp³-hybridized carbons (Fsp3) is 0.259. The molecule has 6 aromatic carbocycles. The molecular weight excluding hydrogens is 966 g/mol. The monoisotopic (exact) mass is 1000 g/mol. The van der Waals surface area contributed by atoms with Crippen LogP contribution < -0.4 is 10.6 Å². The van der Waals surface area contributed by atoms with Crippen LogP contribution in [0.3, 0.4) is 0 Å². The van der Waals surface area contributed by atoms with Crippen molar-refractivity contribution in [2.24, 2.45) is 0 Å². The number of aliphatic hydroxyl groups is 5. The average molecular weight is 1000 g/mol. The summed E-state index contributed by atoms with van der Waals surface area (Å²) in [6, 6.07) is 19.5. The second kappa shape index (κ2) is 14.5. The summed E-state index contributed by atoms with van der Waals surface area (Å²) in [4.78, 5) is 52.8. The number of benzene rings is 6. The second-order valence-corrected chi connectivity index (χ2v) is 20.3. The van der Waals surface area contributed by atoms with Crippen LogP contribution in [0.5, 0.6) is 0 Å². The van der Waals surface area contributed by atoms with Crippen LogP contribution in [0.25, 0.3) is 87.2 Å². The lowest BCUT2D eigenvalue weighted by Crippen LogP contribution is -2.56. The van der Waals surface area contributed by atoms with E-state index in [0.29, 0.717) is 87.2 Å². The number of carbonyl (C=O) groups is 4. The Morgan fingerprint density at radius 1 is 0.473 bits per heavy atom. The maximum Gasteiger partial charge on any atom is 0.259 e. The molecule has 0 radical (unpaired) electrons. The number of nitrogens with zero attached hydrogens (tertiary/aromatic N) is 4. The Balaban J connectivity index is 0.000000131. The van der Waals surface area contributed by atoms with Gasteiger partial charge >= 0.3 is 0 Å². The summed E-state index contributed by atoms with van der Waals surface area (Å²) in [6.07, 6.45) is -14.0. The van der Waals surface area contributed by atoms with Gasteiger partial charge in [0.2, 0.25) is 0 Å². The average Bonchev–Trinajstić information content (AvgIpc) is 4.22. The molecule has 16 rings (SSSR count). The minimum atomic E-state index is -1.91. The van der Waals surface area contributed by atoms with Crippen molar-refractivity contribution in [3.63, 3.8) is 0 Å². The van der Waals surface area contributed by atoms with Crippen LogP contribution in [0.15, 0.2) is 72.8 Å². The number of aryl methyl sites for hydroxylation is 2. The first-order valence-corrected chi connectivity index (χ1v) is 24.0. The number of ether oxygens (including phenoxy) is 2. The van der Waals surface area contributed by atoms with Crippen molar-refractivity contribution in [2.45, 2.75) is 88.3 Å². The van der Waals surface area contributed by atoms with Gasteiger partial charge in [-0.1, -0.05) is 24.3 Å². The molecule has 4 amide bonds. The third-order valence-electron chi connectivity index (χ3n) is 16.2. The molecule has 10 aromatic rings. The molecular formula is C54H39F3N6O11. The maximum atomic E-state index is 15.3. The highest BCUT2D eigenvalue weighted by atomic mass is 19.1. The van der Waals surface area contributed by atoms with Crippen LogP contribution in [0.4, 0.5) is 13.2 Å². The number of halogens is 3. The number of aliphatic hydroxyl groups excluding tert-OH is 5. The minimum absolute atomic E-state index is 0.0227. The van der Waals surface area contributed by atoms with Gasteiger partial charge in [-0.05, 0) is 73.5 Å². The predicted molar refractivity (Wildman–Crippen MR) is 261 cm³/mol. The van der Waals surface area contributed by atoms with E-state index in [-0.39, 0.29) is 35.3 Å². The molecule has 4 aromatic heterocycles. The molecule has 20 heteroatoms. The summed E-state index contributed by atoms with van der Waals surface area (Å²) in [7, 11) is 0. The quantitative estimate of drug-likeness (QED) is 0.0947. The van der Waals surface area contributed by atoms with E-state index in [0.717, 1.165) is 11.1 Å². The lowest BCUT2D eigenvalue weighted by atomic mass is 9.95. The Hall–Kier alpha value is -7.69. The van der Waals surface area contributed by atoms with Crippen LogP contribution in [-0.4, -0.2) is 116 Å². The van der Waals surface area contributed by atoms with E-state index in [9.17, 15) is 53.5 Å². The number of alkyl halides is 1. The van der Waals surface area contributed by atoms with Gasteiger partial charge < -0.3 is 53.3 Å². The van der Waals surface area contributed by atoms with Gasteiger partial charge in [-0.15, -0.1) is 0 Å². The molecule has 6 aliphatic heterocycles. The number of imide groups is 2. The maximum absolute atomic E-state index is 15.3. The van der Waals surface area contributed by atoms with Crippen molar-refractivity contribution in [1.29, 1.82) is 0 Å². The van der Waals surface area contributed by atoms with E-state index in [2.05, 4.69) is 10.6 Å². The van der Waals surface area contributed by atoms with Crippen molar-refractivity contribution < 1.29 is 67.4 Å². The number of amides is 4. The van der Waals surface area contributed by atoms with E-state index in [4.69, 9.17) is 9.47 Å². The number of nitrogens with one attached hydrogen (secondary N) is 2. The molecule has 0 saturated carbocycles. The smallest absolute Gasteiger partial charge is 0.259 e. The summed E-state index contributed by atoms with van der Waals surface area (Å²) >= 11 is 0. The fourth-order valence-electron chi connectivity index (χ4n) is 13.2. The summed E-state index contributed by atoms with van der Waals surface area (Å²) in [6.45, 7) is 3.71. The fourth-order valence-corrected chi connectivity index (χ4v) is 13.2. The third kappa shape index (κ3) is 5.31. The first kappa shape index (κ1) is 43.9. The molecule has 7 N–H and O–H groups in total. The molecule has 0 spiro atoms. The zero-order chi connectivity index (χ0) is 51.0. The van der Waals surface area contributed by atoms with Crippen LogP contribution in [0.1, 0.15) is 65.0 Å². The van der Waals surface area contributed by atoms with Crippen LogP contribution in [0.2, 0.25) is 0 Å². The Bertz CT molecular complexity index is 4090. The standard InChI is InChI=1S/C27H19F2N3O5.C27H20FN3O6/c1-9-2-4-12-14(6-9)32-22-17(12)19-18(25(35)30-26(19)36)16-11-5-3-10(28)7-13(11)31(21(16)22)8-15-20(29)23(33)24(34)27(32)37-15;1-9-2-4-12-14(6-9)31-21-17(12)19-18(25(35)29-26(19)36)16-11-5-3-10(28)7-13(11)30(20(16)21)8-15-22(32)23(33)24(34)27(31)37-15/h2-7,15,20,23-24,27,33-34H,8H2,1H3,(H,30,35,36);2-7,15,22-24,27,32-34H,8H2,1H3,(H,29,35,36). The van der Waals surface area contributed by atoms with E-state index < -0.39 is 96.6 Å². The Labute approximate surface area is 412 Å². The highest BCUT2D eigenvalue weighted by Gasteiger charge is 2.51. The zero-order valence-corrected chi connectivity index (χ0v) is 38.7. The van der Waals surface area contributed by atoms with Crippen LogP contribution >= 0.6 is 0 Å². The van der Waals surface area contributed by atoms with E-state index in [1.165, 1.54) is 24.3 Å². The molecule has 2 fully saturated rings. The Morgan fingerprint density at radius 2 is 0.851 bits per heavy atom. The number of hydrogen-bond acceptors (Lipinski definition) is 11. The van der Waals surface area contributed by atoms with Gasteiger partial charge in [-0.3, -0.25) is 29.8 Å². The summed E-state index contributed by atoms with van der Waals surface area (Å²) in [5, 5.41) is 63.6. The van der Waals surface area contributed by atoms with Gasteiger partial charge in [0.25, 0.3) is 23.6 Å². The number of carbonyl (C=O) groups excluding carboxylic acids is 4. The highest BCUT2D eigenvalue weighted by Crippen LogP contribution is 2.51. The summed E-state index contributed by atoms with van der Waals surface area (Å²) < 4.78 is 63.7. The SMILES string of the molecule is Cc1ccc2c3c4c(c5c6ccc(F)cc6n6c5c3n(c2c1)C1OC(C6)C(F)C(O)C1O)C(=O)NC4=O.Cc1ccc2c3c4c(c5c6ccc(F)cc6n6c5c3n(c2c1)C1OC(C6)C(O)C(O)C1O)C(=O)NC4=O. The van der Waals surface area contributed by atoms with E-state index in [1.54, 1.807) is 30.4 Å². The molecule has 4 bridgehead atoms. The zero-order valence-electron chi connectivity index (χ0n) is 38.7. The number of rotatable bonds is 0.